The summed E-state index contributed by atoms with van der Waals surface area (Å²) >= 11 is 0. The van der Waals surface area contributed by atoms with E-state index in [1.54, 1.807) is 12.1 Å². The van der Waals surface area contributed by atoms with Gasteiger partial charge in [0.05, 0.1) is 13.4 Å². The Labute approximate surface area is 115 Å². The number of ether oxygens (including phenoxy) is 1. The van der Waals surface area contributed by atoms with Crippen LogP contribution in [0.2, 0.25) is 0 Å². The van der Waals surface area contributed by atoms with Crippen LogP contribution in [0.4, 0.5) is 0 Å². The van der Waals surface area contributed by atoms with Crippen molar-refractivity contribution < 1.29 is 27.5 Å². The lowest BCUT2D eigenvalue weighted by atomic mass is 10.3. The smallest absolute Gasteiger partial charge is 0.339 e. The average molecular weight is 296 g/mol. The number of methoxy groups -OCH3 is 1. The first kappa shape index (κ1) is 14.1. The van der Waals surface area contributed by atoms with E-state index in [9.17, 15) is 13.2 Å². The van der Waals surface area contributed by atoms with Crippen LogP contribution in [0.25, 0.3) is 0 Å². The Morgan fingerprint density at radius 1 is 1.30 bits per heavy atom. The van der Waals surface area contributed by atoms with Crippen molar-refractivity contribution in [1.29, 1.82) is 0 Å². The third-order valence-electron chi connectivity index (χ3n) is 2.70. The molecule has 6 nitrogen and oxygen atoms in total. The van der Waals surface area contributed by atoms with E-state index >= 15 is 0 Å². The van der Waals surface area contributed by atoms with Crippen LogP contribution in [0.3, 0.4) is 0 Å². The number of carboxylic acid groups (broad SMARTS) is 1. The highest BCUT2D eigenvalue weighted by molar-refractivity contribution is 7.90. The zero-order valence-electron chi connectivity index (χ0n) is 10.6. The second-order valence-corrected chi connectivity index (χ2v) is 5.93. The Balaban J connectivity index is 2.41. The zero-order valence-corrected chi connectivity index (χ0v) is 11.4. The fourth-order valence-electron chi connectivity index (χ4n) is 1.77. The summed E-state index contributed by atoms with van der Waals surface area (Å²) in [4.78, 5) is 10.9. The van der Waals surface area contributed by atoms with Crippen molar-refractivity contribution >= 4 is 15.8 Å². The molecule has 0 aliphatic carbocycles. The Hall–Kier alpha value is -2.28. The molecule has 1 heterocycles. The van der Waals surface area contributed by atoms with Gasteiger partial charge in [-0.3, -0.25) is 0 Å². The van der Waals surface area contributed by atoms with E-state index in [1.165, 1.54) is 25.3 Å². The minimum absolute atomic E-state index is 0.00441. The first-order valence-corrected chi connectivity index (χ1v) is 7.26. The van der Waals surface area contributed by atoms with E-state index in [-0.39, 0.29) is 22.0 Å². The minimum Gasteiger partial charge on any atom is -0.495 e. The van der Waals surface area contributed by atoms with Crippen molar-refractivity contribution in [2.75, 3.05) is 7.11 Å². The first-order valence-electron chi connectivity index (χ1n) is 5.61. The van der Waals surface area contributed by atoms with Gasteiger partial charge < -0.3 is 14.3 Å². The number of furan rings is 1. The molecule has 0 aliphatic heterocycles. The summed E-state index contributed by atoms with van der Waals surface area (Å²) in [5.41, 5.74) is -0.163. The van der Waals surface area contributed by atoms with E-state index in [0.29, 0.717) is 0 Å². The third-order valence-corrected chi connectivity index (χ3v) is 4.35. The highest BCUT2D eigenvalue weighted by Crippen LogP contribution is 2.27. The molecule has 2 rings (SSSR count). The molecule has 0 unspecified atom stereocenters. The summed E-state index contributed by atoms with van der Waals surface area (Å²) in [7, 11) is -2.40. The summed E-state index contributed by atoms with van der Waals surface area (Å²) in [6, 6.07) is 7.35. The number of carboxylic acids is 1. The van der Waals surface area contributed by atoms with Gasteiger partial charge in [-0.05, 0) is 18.2 Å². The lowest BCUT2D eigenvalue weighted by molar-refractivity contribution is 0.0695. The monoisotopic (exact) mass is 296 g/mol. The second kappa shape index (κ2) is 5.38. The van der Waals surface area contributed by atoms with Gasteiger partial charge in [0.1, 0.15) is 27.7 Å². The fraction of sp³-hybridized carbons (Fsp3) is 0.154. The number of carbonyl (C=O) groups is 1. The van der Waals surface area contributed by atoms with Gasteiger partial charge in [0.2, 0.25) is 0 Å². The number of hydrogen-bond donors (Lipinski definition) is 1. The molecule has 0 amide bonds. The van der Waals surface area contributed by atoms with E-state index < -0.39 is 21.6 Å². The van der Waals surface area contributed by atoms with Gasteiger partial charge in [-0.15, -0.1) is 0 Å². The standard InChI is InChI=1S/C13H12O6S/c1-18-10-4-2-3-5-12(10)20(16,17)8-11-9(13(14)15)6-7-19-11/h2-7H,8H2,1H3,(H,14,15). The van der Waals surface area contributed by atoms with Crippen LogP contribution in [0.1, 0.15) is 16.1 Å². The van der Waals surface area contributed by atoms with Crippen molar-refractivity contribution in [2.45, 2.75) is 10.6 Å². The second-order valence-electron chi connectivity index (χ2n) is 3.97. The molecule has 0 saturated carbocycles. The Bertz CT molecular complexity index is 729. The van der Waals surface area contributed by atoms with E-state index in [2.05, 4.69) is 0 Å². The lowest BCUT2D eigenvalue weighted by Gasteiger charge is -2.08. The third kappa shape index (κ3) is 2.67. The molecule has 0 spiro atoms. The number of para-hydroxylation sites is 1. The van der Waals surface area contributed by atoms with Gasteiger partial charge in [0, 0.05) is 0 Å². The van der Waals surface area contributed by atoms with Crippen molar-refractivity contribution in [3.8, 4) is 5.75 Å². The van der Waals surface area contributed by atoms with Gasteiger partial charge in [0.15, 0.2) is 9.84 Å². The summed E-state index contributed by atoms with van der Waals surface area (Å²) < 4.78 is 34.6. The van der Waals surface area contributed by atoms with E-state index in [4.69, 9.17) is 14.3 Å². The highest BCUT2D eigenvalue weighted by Gasteiger charge is 2.24. The highest BCUT2D eigenvalue weighted by atomic mass is 32.2. The molecule has 0 radical (unpaired) electrons. The maximum Gasteiger partial charge on any atom is 0.339 e. The molecular weight excluding hydrogens is 284 g/mol. The predicted molar refractivity (Wildman–Crippen MR) is 69.6 cm³/mol. The quantitative estimate of drug-likeness (QED) is 0.906. The Morgan fingerprint density at radius 2 is 2.00 bits per heavy atom. The molecule has 20 heavy (non-hydrogen) atoms. The zero-order chi connectivity index (χ0) is 14.8. The molecule has 0 bridgehead atoms. The van der Waals surface area contributed by atoms with Gasteiger partial charge in [-0.1, -0.05) is 12.1 Å². The summed E-state index contributed by atoms with van der Waals surface area (Å²) in [6.45, 7) is 0. The van der Waals surface area contributed by atoms with Crippen molar-refractivity contribution in [2.24, 2.45) is 0 Å². The maximum absolute atomic E-state index is 12.3. The normalized spacial score (nSPS) is 11.2. The van der Waals surface area contributed by atoms with Crippen molar-refractivity contribution in [3.05, 3.63) is 47.9 Å². The topological polar surface area (TPSA) is 93.8 Å². The molecule has 0 aliphatic rings. The van der Waals surface area contributed by atoms with E-state index in [0.717, 1.165) is 6.26 Å². The number of aromatic carboxylic acids is 1. The molecule has 7 heteroatoms. The van der Waals surface area contributed by atoms with Crippen LogP contribution in [0.15, 0.2) is 45.9 Å². The Morgan fingerprint density at radius 3 is 2.65 bits per heavy atom. The van der Waals surface area contributed by atoms with Crippen LogP contribution in [0.5, 0.6) is 5.75 Å². The van der Waals surface area contributed by atoms with Crippen LogP contribution in [-0.2, 0) is 15.6 Å². The molecule has 2 aromatic rings. The fourth-order valence-corrected chi connectivity index (χ4v) is 3.24. The molecule has 0 saturated heterocycles. The number of sulfone groups is 1. The predicted octanol–water partition coefficient (Wildman–Crippen LogP) is 1.96. The molecular formula is C13H12O6S. The minimum atomic E-state index is -3.76. The van der Waals surface area contributed by atoms with Crippen LogP contribution >= 0.6 is 0 Å². The van der Waals surface area contributed by atoms with Crippen LogP contribution in [-0.4, -0.2) is 26.6 Å². The molecule has 0 fully saturated rings. The SMILES string of the molecule is COc1ccccc1S(=O)(=O)Cc1occc1C(=O)O. The molecule has 1 aromatic carbocycles. The van der Waals surface area contributed by atoms with Crippen molar-refractivity contribution in [3.63, 3.8) is 0 Å². The van der Waals surface area contributed by atoms with Gasteiger partial charge in [0.25, 0.3) is 0 Å². The maximum atomic E-state index is 12.3. The summed E-state index contributed by atoms with van der Waals surface area (Å²) in [5.74, 6) is -1.68. The average Bonchev–Trinajstić information content (AvgIpc) is 2.86. The molecule has 0 atom stereocenters. The summed E-state index contributed by atoms with van der Waals surface area (Å²) in [6.07, 6.45) is 1.15. The van der Waals surface area contributed by atoms with Gasteiger partial charge in [-0.25, -0.2) is 13.2 Å². The molecule has 1 aromatic heterocycles. The number of hydrogen-bond acceptors (Lipinski definition) is 5. The first-order chi connectivity index (χ1) is 9.45. The largest absolute Gasteiger partial charge is 0.495 e. The van der Waals surface area contributed by atoms with Crippen molar-refractivity contribution in [1.82, 2.24) is 0 Å². The molecule has 106 valence electrons. The van der Waals surface area contributed by atoms with Gasteiger partial charge in [-0.2, -0.15) is 0 Å². The van der Waals surface area contributed by atoms with E-state index in [1.807, 2.05) is 0 Å². The molecule has 1 N–H and O–H groups in total. The van der Waals surface area contributed by atoms with Crippen LogP contribution in [0, 0.1) is 0 Å². The Kier molecular flexibility index (Phi) is 3.80. The number of benzene rings is 1. The van der Waals surface area contributed by atoms with Crippen LogP contribution < -0.4 is 4.74 Å². The number of rotatable bonds is 5. The summed E-state index contributed by atoms with van der Waals surface area (Å²) in [5, 5.41) is 8.94. The lowest BCUT2D eigenvalue weighted by Crippen LogP contribution is -2.09. The van der Waals surface area contributed by atoms with Gasteiger partial charge >= 0.3 is 5.97 Å².